The van der Waals surface area contributed by atoms with E-state index in [1.54, 1.807) is 0 Å². The quantitative estimate of drug-likeness (QED) is 0.640. The lowest BCUT2D eigenvalue weighted by molar-refractivity contribution is 0.259. The summed E-state index contributed by atoms with van der Waals surface area (Å²) in [4.78, 5) is 11.6. The molecule has 0 saturated carbocycles. The Balaban J connectivity index is 1.50. The fourth-order valence-corrected chi connectivity index (χ4v) is 3.54. The van der Waals surface area contributed by atoms with Crippen molar-refractivity contribution in [3.05, 3.63) is 66.0 Å². The Morgan fingerprint density at radius 3 is 2.58 bits per heavy atom. The van der Waals surface area contributed by atoms with Crippen LogP contribution in [0.5, 0.6) is 0 Å². The number of piperidine rings is 1. The zero-order chi connectivity index (χ0) is 18.0. The van der Waals surface area contributed by atoms with E-state index < -0.39 is 0 Å². The molecule has 0 radical (unpaired) electrons. The Labute approximate surface area is 157 Å². The van der Waals surface area contributed by atoms with Crippen molar-refractivity contribution < 1.29 is 0 Å². The van der Waals surface area contributed by atoms with E-state index in [1.165, 1.54) is 24.8 Å². The van der Waals surface area contributed by atoms with Gasteiger partial charge in [-0.1, -0.05) is 36.4 Å². The van der Waals surface area contributed by atoms with Gasteiger partial charge in [-0.15, -0.1) is 0 Å². The molecular weight excluding hydrogens is 320 g/mol. The lowest BCUT2D eigenvalue weighted by Gasteiger charge is -2.34. The highest BCUT2D eigenvalue weighted by molar-refractivity contribution is 5.80. The molecule has 0 amide bonds. The zero-order valence-corrected chi connectivity index (χ0v) is 15.8. The number of likely N-dealkylation sites (tertiary alicyclic amines) is 1. The predicted molar refractivity (Wildman–Crippen MR) is 108 cm³/mol. The van der Waals surface area contributed by atoms with Gasteiger partial charge in [0.25, 0.3) is 0 Å². The van der Waals surface area contributed by atoms with E-state index in [2.05, 4.69) is 58.5 Å². The summed E-state index contributed by atoms with van der Waals surface area (Å²) >= 11 is 0. The van der Waals surface area contributed by atoms with Crippen LogP contribution in [0.3, 0.4) is 0 Å². The zero-order valence-electron chi connectivity index (χ0n) is 15.8. The number of hydrogen-bond acceptors (Lipinski definition) is 2. The molecule has 1 aliphatic heterocycles. The van der Waals surface area contributed by atoms with Crippen LogP contribution < -0.4 is 5.32 Å². The van der Waals surface area contributed by atoms with E-state index in [4.69, 9.17) is 4.99 Å². The number of nitrogens with one attached hydrogen (secondary N) is 1. The molecule has 1 saturated heterocycles. The van der Waals surface area contributed by atoms with Gasteiger partial charge >= 0.3 is 0 Å². The number of pyridine rings is 1. The van der Waals surface area contributed by atoms with Crippen LogP contribution in [-0.2, 0) is 12.8 Å². The summed E-state index contributed by atoms with van der Waals surface area (Å²) in [5.41, 5.74) is 2.57. The van der Waals surface area contributed by atoms with Crippen LogP contribution in [0, 0.1) is 5.92 Å². The third-order valence-electron chi connectivity index (χ3n) is 4.97. The summed E-state index contributed by atoms with van der Waals surface area (Å²) < 4.78 is 0. The minimum Gasteiger partial charge on any atom is -0.357 e. The average molecular weight is 351 g/mol. The molecule has 4 nitrogen and oxygen atoms in total. The van der Waals surface area contributed by atoms with Gasteiger partial charge in [-0.2, -0.15) is 0 Å². The maximum absolute atomic E-state index is 4.83. The fourth-order valence-electron chi connectivity index (χ4n) is 3.54. The molecule has 4 heteroatoms. The molecule has 2 aromatic rings. The fraction of sp³-hybridized carbons (Fsp3) is 0.455. The van der Waals surface area contributed by atoms with Gasteiger partial charge in [0.1, 0.15) is 0 Å². The number of aromatic nitrogens is 1. The molecule has 3 rings (SSSR count). The van der Waals surface area contributed by atoms with Crippen molar-refractivity contribution in [2.75, 3.05) is 26.2 Å². The van der Waals surface area contributed by atoms with Crippen LogP contribution >= 0.6 is 0 Å². The summed E-state index contributed by atoms with van der Waals surface area (Å²) in [6, 6.07) is 16.9. The van der Waals surface area contributed by atoms with Crippen molar-refractivity contribution in [1.29, 1.82) is 0 Å². The summed E-state index contributed by atoms with van der Waals surface area (Å²) in [5.74, 6) is 1.84. The van der Waals surface area contributed by atoms with E-state index in [9.17, 15) is 0 Å². The maximum Gasteiger partial charge on any atom is 0.193 e. The molecule has 0 spiro atoms. The van der Waals surface area contributed by atoms with E-state index in [1.807, 2.05) is 18.3 Å². The van der Waals surface area contributed by atoms with Gasteiger partial charge in [0.05, 0.1) is 0 Å². The number of hydrogen-bond donors (Lipinski definition) is 1. The lowest BCUT2D eigenvalue weighted by atomic mass is 9.90. The number of guanidine groups is 1. The second kappa shape index (κ2) is 9.95. The molecule has 1 aromatic carbocycles. The molecule has 0 aliphatic carbocycles. The van der Waals surface area contributed by atoms with E-state index in [0.717, 1.165) is 50.2 Å². The van der Waals surface area contributed by atoms with Crippen LogP contribution in [0.2, 0.25) is 0 Å². The van der Waals surface area contributed by atoms with Gasteiger partial charge in [0, 0.05) is 44.5 Å². The van der Waals surface area contributed by atoms with Crippen molar-refractivity contribution in [1.82, 2.24) is 15.2 Å². The van der Waals surface area contributed by atoms with Crippen molar-refractivity contribution in [3.63, 3.8) is 0 Å². The van der Waals surface area contributed by atoms with Crippen LogP contribution in [-0.4, -0.2) is 42.0 Å². The van der Waals surface area contributed by atoms with Gasteiger partial charge in [0.2, 0.25) is 0 Å². The molecule has 2 heterocycles. The van der Waals surface area contributed by atoms with Crippen molar-refractivity contribution in [3.8, 4) is 0 Å². The van der Waals surface area contributed by atoms with Crippen LogP contribution in [0.15, 0.2) is 59.7 Å². The summed E-state index contributed by atoms with van der Waals surface area (Å²) in [6.07, 6.45) is 6.41. The minimum absolute atomic E-state index is 0.781. The second-order valence-electron chi connectivity index (χ2n) is 6.93. The normalized spacial score (nSPS) is 15.9. The Bertz CT molecular complexity index is 661. The first-order chi connectivity index (χ1) is 12.8. The number of nitrogens with zero attached hydrogens (tertiary/aromatic N) is 3. The Morgan fingerprint density at radius 2 is 1.88 bits per heavy atom. The molecular formula is C22H30N4. The number of aliphatic imine (C=N–C) groups is 1. The smallest absolute Gasteiger partial charge is 0.193 e. The van der Waals surface area contributed by atoms with Gasteiger partial charge in [-0.05, 0) is 49.8 Å². The Morgan fingerprint density at radius 1 is 1.12 bits per heavy atom. The third-order valence-corrected chi connectivity index (χ3v) is 4.97. The first-order valence-corrected chi connectivity index (χ1v) is 9.82. The molecule has 1 aromatic heterocycles. The molecule has 1 aliphatic rings. The van der Waals surface area contributed by atoms with Crippen molar-refractivity contribution in [2.24, 2.45) is 10.9 Å². The Hall–Kier alpha value is -2.36. The first-order valence-electron chi connectivity index (χ1n) is 9.82. The number of benzene rings is 1. The second-order valence-corrected chi connectivity index (χ2v) is 6.93. The monoisotopic (exact) mass is 350 g/mol. The molecule has 1 N–H and O–H groups in total. The van der Waals surface area contributed by atoms with Gasteiger partial charge in [-0.25, -0.2) is 0 Å². The minimum atomic E-state index is 0.781. The van der Waals surface area contributed by atoms with Gasteiger partial charge in [0.15, 0.2) is 5.96 Å². The van der Waals surface area contributed by atoms with Crippen molar-refractivity contribution >= 4 is 5.96 Å². The van der Waals surface area contributed by atoms with Gasteiger partial charge in [-0.3, -0.25) is 9.98 Å². The van der Waals surface area contributed by atoms with E-state index in [-0.39, 0.29) is 0 Å². The van der Waals surface area contributed by atoms with Gasteiger partial charge < -0.3 is 10.2 Å². The maximum atomic E-state index is 4.83. The molecule has 138 valence electrons. The van der Waals surface area contributed by atoms with E-state index >= 15 is 0 Å². The number of rotatable bonds is 6. The summed E-state index contributed by atoms with van der Waals surface area (Å²) in [7, 11) is 0. The third kappa shape index (κ3) is 5.58. The van der Waals surface area contributed by atoms with E-state index in [0.29, 0.717) is 0 Å². The van der Waals surface area contributed by atoms with Crippen LogP contribution in [0.4, 0.5) is 0 Å². The molecule has 26 heavy (non-hydrogen) atoms. The molecule has 1 fully saturated rings. The Kier molecular flexibility index (Phi) is 7.05. The first kappa shape index (κ1) is 18.4. The summed E-state index contributed by atoms with van der Waals surface area (Å²) in [5, 5.41) is 3.46. The topological polar surface area (TPSA) is 40.5 Å². The molecule has 0 bridgehead atoms. The average Bonchev–Trinajstić information content (AvgIpc) is 2.70. The highest BCUT2D eigenvalue weighted by Gasteiger charge is 2.21. The highest BCUT2D eigenvalue weighted by atomic mass is 15.3. The largest absolute Gasteiger partial charge is 0.357 e. The summed E-state index contributed by atoms with van der Waals surface area (Å²) in [6.45, 7) is 6.01. The SMILES string of the molecule is CCNC(=NCCc1ccccn1)N1CCC(Cc2ccccc2)CC1. The van der Waals surface area contributed by atoms with Crippen molar-refractivity contribution in [2.45, 2.75) is 32.6 Å². The molecule has 0 unspecified atom stereocenters. The lowest BCUT2D eigenvalue weighted by Crippen LogP contribution is -2.46. The van der Waals surface area contributed by atoms with Crippen LogP contribution in [0.1, 0.15) is 31.0 Å². The van der Waals surface area contributed by atoms with Crippen LogP contribution in [0.25, 0.3) is 0 Å². The molecule has 0 atom stereocenters. The predicted octanol–water partition coefficient (Wildman–Crippen LogP) is 3.54. The highest BCUT2D eigenvalue weighted by Crippen LogP contribution is 2.21. The standard InChI is InChI=1S/C22H30N4/c1-2-23-22(25-15-11-21-10-6-7-14-24-21)26-16-12-20(13-17-26)18-19-8-4-3-5-9-19/h3-10,14,20H,2,11-13,15-18H2,1H3,(H,23,25).